The summed E-state index contributed by atoms with van der Waals surface area (Å²) in [5, 5.41) is 3.33. The molecule has 0 aromatic carbocycles. The lowest BCUT2D eigenvalue weighted by Gasteiger charge is -2.29. The summed E-state index contributed by atoms with van der Waals surface area (Å²) in [7, 11) is 0. The molecule has 0 heterocycles. The zero-order valence-corrected chi connectivity index (χ0v) is 17.7. The van der Waals surface area contributed by atoms with E-state index in [-0.39, 0.29) is 29.5 Å². The molecule has 0 saturated heterocycles. The molecule has 0 unspecified atom stereocenters. The van der Waals surface area contributed by atoms with Gasteiger partial charge in [-0.1, -0.05) is 27.7 Å². The highest BCUT2D eigenvalue weighted by Gasteiger charge is 2.24. The van der Waals surface area contributed by atoms with Crippen molar-refractivity contribution in [3.8, 4) is 0 Å². The number of Topliss-reactive ketones (excluding diaryl/α,β-unsaturated/α-hetero) is 1. The molecule has 0 aliphatic rings. The number of rotatable bonds is 15. The van der Waals surface area contributed by atoms with Gasteiger partial charge in [0.25, 0.3) is 0 Å². The number of hydrogen-bond acceptors (Lipinski definition) is 5. The molecule has 25 heavy (non-hydrogen) atoms. The van der Waals surface area contributed by atoms with Gasteiger partial charge in [0.1, 0.15) is 6.61 Å². The molecule has 0 aromatic rings. The Kier molecular flexibility index (Phi) is 11.8. The van der Waals surface area contributed by atoms with Crippen molar-refractivity contribution in [3.63, 3.8) is 0 Å². The average molecular weight is 360 g/mol. The smallest absolute Gasteiger partial charge is 0.161 e. The molecule has 0 saturated carbocycles. The summed E-state index contributed by atoms with van der Waals surface area (Å²) in [5.74, 6) is 0.153. The summed E-state index contributed by atoms with van der Waals surface area (Å²) in [5.41, 5.74) is -0.588. The molecule has 5 nitrogen and oxygen atoms in total. The number of ketones is 1. The highest BCUT2D eigenvalue weighted by atomic mass is 16.5. The van der Waals surface area contributed by atoms with Crippen molar-refractivity contribution in [2.45, 2.75) is 85.5 Å². The van der Waals surface area contributed by atoms with Crippen molar-refractivity contribution in [2.75, 3.05) is 33.0 Å². The first-order valence-corrected chi connectivity index (χ1v) is 9.57. The zero-order chi connectivity index (χ0) is 19.5. The van der Waals surface area contributed by atoms with Gasteiger partial charge in [-0.15, -0.1) is 0 Å². The normalized spacial score (nSPS) is 13.0. The molecular weight excluding hydrogens is 318 g/mol. The van der Waals surface area contributed by atoms with Crippen molar-refractivity contribution in [1.82, 2.24) is 5.32 Å². The van der Waals surface area contributed by atoms with Gasteiger partial charge in [0.05, 0.1) is 24.4 Å². The molecule has 1 N–H and O–H groups in total. The predicted octanol–water partition coefficient (Wildman–Crippen LogP) is 3.60. The lowest BCUT2D eigenvalue weighted by Crippen LogP contribution is -2.33. The van der Waals surface area contributed by atoms with Crippen LogP contribution in [0.4, 0.5) is 0 Å². The molecule has 0 aliphatic heterocycles. The Hall–Kier alpha value is -0.490. The van der Waals surface area contributed by atoms with Gasteiger partial charge in [0, 0.05) is 25.1 Å². The first-order valence-electron chi connectivity index (χ1n) is 9.57. The van der Waals surface area contributed by atoms with Crippen LogP contribution in [0.3, 0.4) is 0 Å². The standard InChI is InChI=1S/C20H41NO4/c1-16(2)18(22)15-25-20(7,8)10-13-24-19(5,6)9-12-23-14-11-21-17(3)4/h16-17,21H,9-15H2,1-8H3. The van der Waals surface area contributed by atoms with Crippen LogP contribution >= 0.6 is 0 Å². The van der Waals surface area contributed by atoms with Gasteiger partial charge in [0.2, 0.25) is 0 Å². The summed E-state index contributed by atoms with van der Waals surface area (Å²) < 4.78 is 17.4. The van der Waals surface area contributed by atoms with E-state index in [1.54, 1.807) is 0 Å². The van der Waals surface area contributed by atoms with E-state index in [2.05, 4.69) is 33.0 Å². The van der Waals surface area contributed by atoms with Gasteiger partial charge in [-0.25, -0.2) is 0 Å². The van der Waals surface area contributed by atoms with Gasteiger partial charge in [-0.05, 0) is 40.5 Å². The van der Waals surface area contributed by atoms with Crippen molar-refractivity contribution in [1.29, 1.82) is 0 Å². The minimum Gasteiger partial charge on any atom is -0.380 e. The Labute approximate surface area is 155 Å². The first-order chi connectivity index (χ1) is 11.5. The van der Waals surface area contributed by atoms with Crippen LogP contribution in [0.5, 0.6) is 0 Å². The van der Waals surface area contributed by atoms with Crippen molar-refractivity contribution < 1.29 is 19.0 Å². The SMILES string of the molecule is CC(C)NCCOCCC(C)(C)OCCC(C)(C)OCC(=O)C(C)C. The first kappa shape index (κ1) is 24.5. The van der Waals surface area contributed by atoms with E-state index in [0.29, 0.717) is 19.3 Å². The van der Waals surface area contributed by atoms with E-state index < -0.39 is 0 Å². The summed E-state index contributed by atoms with van der Waals surface area (Å²) in [6.07, 6.45) is 1.60. The van der Waals surface area contributed by atoms with Crippen LogP contribution in [0.15, 0.2) is 0 Å². The van der Waals surface area contributed by atoms with Crippen LogP contribution in [0.1, 0.15) is 68.2 Å². The Balaban J connectivity index is 3.90. The molecule has 0 aromatic heterocycles. The van der Waals surface area contributed by atoms with Crippen molar-refractivity contribution in [3.05, 3.63) is 0 Å². The van der Waals surface area contributed by atoms with Crippen LogP contribution in [0.25, 0.3) is 0 Å². The third kappa shape index (κ3) is 14.4. The fourth-order valence-electron chi connectivity index (χ4n) is 1.99. The van der Waals surface area contributed by atoms with Crippen LogP contribution in [0, 0.1) is 5.92 Å². The zero-order valence-electron chi connectivity index (χ0n) is 17.7. The van der Waals surface area contributed by atoms with Gasteiger partial charge >= 0.3 is 0 Å². The second-order valence-electron chi connectivity index (χ2n) is 8.50. The van der Waals surface area contributed by atoms with Crippen molar-refractivity contribution in [2.24, 2.45) is 5.92 Å². The molecule has 0 amide bonds. The van der Waals surface area contributed by atoms with Gasteiger partial charge in [0.15, 0.2) is 5.78 Å². The molecule has 150 valence electrons. The van der Waals surface area contributed by atoms with E-state index in [0.717, 1.165) is 26.0 Å². The topological polar surface area (TPSA) is 56.8 Å². The second-order valence-corrected chi connectivity index (χ2v) is 8.50. The molecule has 0 fully saturated rings. The second kappa shape index (κ2) is 12.0. The van der Waals surface area contributed by atoms with Gasteiger partial charge in [-0.3, -0.25) is 4.79 Å². The summed E-state index contributed by atoms with van der Waals surface area (Å²) in [6.45, 7) is 19.3. The Bertz CT molecular complexity index is 365. The quantitative estimate of drug-likeness (QED) is 0.453. The van der Waals surface area contributed by atoms with Crippen LogP contribution < -0.4 is 5.32 Å². The number of hydrogen-bond donors (Lipinski definition) is 1. The molecule has 0 spiro atoms. The van der Waals surface area contributed by atoms with Gasteiger partial charge < -0.3 is 19.5 Å². The Morgan fingerprint density at radius 2 is 1.44 bits per heavy atom. The minimum atomic E-state index is -0.361. The van der Waals surface area contributed by atoms with Crippen molar-refractivity contribution >= 4 is 5.78 Å². The minimum absolute atomic E-state index is 0.0155. The fraction of sp³-hybridized carbons (Fsp3) is 0.950. The third-order valence-corrected chi connectivity index (χ3v) is 4.09. The number of carbonyl (C=O) groups excluding carboxylic acids is 1. The molecule has 0 radical (unpaired) electrons. The lowest BCUT2D eigenvalue weighted by atomic mass is 10.0. The maximum Gasteiger partial charge on any atom is 0.161 e. The van der Waals surface area contributed by atoms with Crippen LogP contribution in [-0.4, -0.2) is 56.0 Å². The van der Waals surface area contributed by atoms with Crippen LogP contribution in [0.2, 0.25) is 0 Å². The summed E-state index contributed by atoms with van der Waals surface area (Å²) in [6, 6.07) is 0.491. The van der Waals surface area contributed by atoms with E-state index >= 15 is 0 Å². The van der Waals surface area contributed by atoms with E-state index in [9.17, 15) is 4.79 Å². The van der Waals surface area contributed by atoms with E-state index in [4.69, 9.17) is 14.2 Å². The Morgan fingerprint density at radius 1 is 0.880 bits per heavy atom. The maximum absolute atomic E-state index is 11.7. The molecular formula is C20H41NO4. The average Bonchev–Trinajstić information content (AvgIpc) is 2.47. The largest absolute Gasteiger partial charge is 0.380 e. The molecule has 0 atom stereocenters. The number of nitrogens with one attached hydrogen (secondary N) is 1. The Morgan fingerprint density at radius 3 is 2.00 bits per heavy atom. The summed E-state index contributed by atoms with van der Waals surface area (Å²) >= 11 is 0. The van der Waals surface area contributed by atoms with Crippen LogP contribution in [-0.2, 0) is 19.0 Å². The number of ether oxygens (including phenoxy) is 3. The molecule has 5 heteroatoms. The van der Waals surface area contributed by atoms with E-state index in [1.165, 1.54) is 0 Å². The highest BCUT2D eigenvalue weighted by molar-refractivity contribution is 5.81. The lowest BCUT2D eigenvalue weighted by molar-refractivity contribution is -0.134. The summed E-state index contributed by atoms with van der Waals surface area (Å²) in [4.78, 5) is 11.7. The van der Waals surface area contributed by atoms with Gasteiger partial charge in [-0.2, -0.15) is 0 Å². The third-order valence-electron chi connectivity index (χ3n) is 4.09. The predicted molar refractivity (Wildman–Crippen MR) is 103 cm³/mol. The number of carbonyl (C=O) groups is 1. The molecule has 0 rings (SSSR count). The maximum atomic E-state index is 11.7. The monoisotopic (exact) mass is 359 g/mol. The molecule has 0 bridgehead atoms. The van der Waals surface area contributed by atoms with E-state index in [1.807, 2.05) is 27.7 Å². The fourth-order valence-corrected chi connectivity index (χ4v) is 1.99. The highest BCUT2D eigenvalue weighted by Crippen LogP contribution is 2.19. The molecule has 0 aliphatic carbocycles.